The van der Waals surface area contributed by atoms with Crippen molar-refractivity contribution in [1.29, 1.82) is 0 Å². The molecule has 1 fully saturated rings. The molecule has 1 aliphatic carbocycles. The SMILES string of the molecule is [O][SiH2]C1CCCCCC1. The summed E-state index contributed by atoms with van der Waals surface area (Å²) in [6.07, 6.45) is 7.95. The molecule has 0 aromatic heterocycles. The Hall–Kier alpha value is 0.177. The lowest BCUT2D eigenvalue weighted by molar-refractivity contribution is 0.448. The Morgan fingerprint density at radius 2 is 1.56 bits per heavy atom. The van der Waals surface area contributed by atoms with Crippen LogP contribution in [-0.2, 0) is 4.80 Å². The smallest absolute Gasteiger partial charge is 0.210 e. The van der Waals surface area contributed by atoms with Gasteiger partial charge < -0.3 is 4.80 Å². The quantitative estimate of drug-likeness (QED) is 0.393. The Morgan fingerprint density at radius 3 is 2.00 bits per heavy atom. The van der Waals surface area contributed by atoms with Crippen LogP contribution in [0.25, 0.3) is 0 Å². The third kappa shape index (κ3) is 2.50. The maximum Gasteiger partial charge on any atom is 0.210 e. The Labute approximate surface area is 59.4 Å². The zero-order chi connectivity index (χ0) is 6.53. The zero-order valence-corrected chi connectivity index (χ0v) is 7.35. The third-order valence-electron chi connectivity index (χ3n) is 2.21. The molecule has 1 radical (unpaired) electrons. The van der Waals surface area contributed by atoms with Gasteiger partial charge in [0.15, 0.2) is 0 Å². The van der Waals surface area contributed by atoms with Gasteiger partial charge in [-0.1, -0.05) is 38.5 Å². The molecule has 0 aliphatic heterocycles. The van der Waals surface area contributed by atoms with Crippen molar-refractivity contribution in [3.05, 3.63) is 0 Å². The van der Waals surface area contributed by atoms with Crippen LogP contribution in [0.5, 0.6) is 0 Å². The molecule has 0 aromatic carbocycles. The maximum atomic E-state index is 10.6. The molecule has 53 valence electrons. The minimum Gasteiger partial charge on any atom is -0.306 e. The van der Waals surface area contributed by atoms with Crippen molar-refractivity contribution in [2.24, 2.45) is 0 Å². The van der Waals surface area contributed by atoms with Crippen LogP contribution in [0.2, 0.25) is 5.54 Å². The first-order chi connectivity index (χ1) is 4.43. The summed E-state index contributed by atoms with van der Waals surface area (Å²) in [5.41, 5.74) is 0.660. The summed E-state index contributed by atoms with van der Waals surface area (Å²) in [6, 6.07) is 0. The van der Waals surface area contributed by atoms with Crippen LogP contribution in [-0.4, -0.2) is 9.76 Å². The predicted octanol–water partition coefficient (Wildman–Crippen LogP) is 1.64. The second-order valence-electron chi connectivity index (χ2n) is 3.02. The fourth-order valence-electron chi connectivity index (χ4n) is 1.53. The fourth-order valence-corrected chi connectivity index (χ4v) is 2.44. The van der Waals surface area contributed by atoms with E-state index in [2.05, 4.69) is 0 Å². The van der Waals surface area contributed by atoms with Crippen molar-refractivity contribution >= 4 is 9.76 Å². The summed E-state index contributed by atoms with van der Waals surface area (Å²) in [7, 11) is -0.904. The second kappa shape index (κ2) is 4.07. The summed E-state index contributed by atoms with van der Waals surface area (Å²) in [6.45, 7) is 0. The molecule has 0 heterocycles. The first kappa shape index (κ1) is 7.29. The molecule has 0 amide bonds. The average Bonchev–Trinajstić information content (AvgIpc) is 2.13. The van der Waals surface area contributed by atoms with E-state index in [4.69, 9.17) is 0 Å². The van der Waals surface area contributed by atoms with Gasteiger partial charge >= 0.3 is 0 Å². The molecule has 9 heavy (non-hydrogen) atoms. The van der Waals surface area contributed by atoms with Gasteiger partial charge in [-0.05, 0) is 5.54 Å². The van der Waals surface area contributed by atoms with E-state index in [1.54, 1.807) is 0 Å². The number of hydrogen-bond acceptors (Lipinski definition) is 0. The molecule has 1 nitrogen and oxygen atoms in total. The molecule has 0 atom stereocenters. The van der Waals surface area contributed by atoms with Gasteiger partial charge in [0, 0.05) is 0 Å². The molecule has 1 rings (SSSR count). The normalized spacial score (nSPS) is 25.0. The molecular formula is C7H15OSi. The summed E-state index contributed by atoms with van der Waals surface area (Å²) in [4.78, 5) is 10.6. The standard InChI is InChI=1S/C7H15OSi/c8-9-7-5-3-1-2-4-6-7/h7H,1-6,9H2. The van der Waals surface area contributed by atoms with E-state index in [0.717, 1.165) is 0 Å². The summed E-state index contributed by atoms with van der Waals surface area (Å²) >= 11 is 0. The lowest BCUT2D eigenvalue weighted by atomic mass is 10.2. The van der Waals surface area contributed by atoms with Crippen LogP contribution in [0.4, 0.5) is 0 Å². The van der Waals surface area contributed by atoms with Crippen LogP contribution in [0.1, 0.15) is 38.5 Å². The van der Waals surface area contributed by atoms with Crippen molar-refractivity contribution in [2.45, 2.75) is 44.1 Å². The van der Waals surface area contributed by atoms with Gasteiger partial charge in [-0.2, -0.15) is 0 Å². The van der Waals surface area contributed by atoms with Gasteiger partial charge in [-0.25, -0.2) is 0 Å². The maximum absolute atomic E-state index is 10.6. The molecule has 0 unspecified atom stereocenters. The zero-order valence-electron chi connectivity index (χ0n) is 5.94. The summed E-state index contributed by atoms with van der Waals surface area (Å²) < 4.78 is 0. The van der Waals surface area contributed by atoms with Crippen LogP contribution in [0, 0.1) is 0 Å². The van der Waals surface area contributed by atoms with E-state index in [9.17, 15) is 4.80 Å². The van der Waals surface area contributed by atoms with Gasteiger partial charge in [0.25, 0.3) is 0 Å². The Balaban J connectivity index is 2.18. The molecule has 0 saturated heterocycles. The Bertz CT molecular complexity index is 67.3. The highest BCUT2D eigenvalue weighted by Crippen LogP contribution is 2.25. The monoisotopic (exact) mass is 143 g/mol. The summed E-state index contributed by atoms with van der Waals surface area (Å²) in [5.74, 6) is 0. The summed E-state index contributed by atoms with van der Waals surface area (Å²) in [5, 5.41) is 0. The lowest BCUT2D eigenvalue weighted by Gasteiger charge is -2.05. The van der Waals surface area contributed by atoms with E-state index >= 15 is 0 Å². The first-order valence-corrected chi connectivity index (χ1v) is 5.41. The number of hydrogen-bond donors (Lipinski definition) is 0. The van der Waals surface area contributed by atoms with E-state index in [0.29, 0.717) is 5.54 Å². The largest absolute Gasteiger partial charge is 0.306 e. The molecule has 2 heteroatoms. The van der Waals surface area contributed by atoms with Gasteiger partial charge in [-0.15, -0.1) is 0 Å². The fraction of sp³-hybridized carbons (Fsp3) is 1.00. The minimum atomic E-state index is -0.904. The first-order valence-electron chi connectivity index (χ1n) is 4.01. The van der Waals surface area contributed by atoms with Crippen LogP contribution in [0.3, 0.4) is 0 Å². The third-order valence-corrected chi connectivity index (χ3v) is 3.50. The van der Waals surface area contributed by atoms with Crippen LogP contribution < -0.4 is 0 Å². The van der Waals surface area contributed by atoms with E-state index in [1.165, 1.54) is 38.5 Å². The number of rotatable bonds is 1. The van der Waals surface area contributed by atoms with Crippen molar-refractivity contribution in [3.63, 3.8) is 0 Å². The topological polar surface area (TPSA) is 19.9 Å². The molecular weight excluding hydrogens is 128 g/mol. The molecule has 1 saturated carbocycles. The highest BCUT2D eigenvalue weighted by atomic mass is 28.2. The Morgan fingerprint density at radius 1 is 1.00 bits per heavy atom. The highest BCUT2D eigenvalue weighted by Gasteiger charge is 2.11. The molecule has 0 spiro atoms. The molecule has 0 aromatic rings. The molecule has 0 bridgehead atoms. The van der Waals surface area contributed by atoms with Gasteiger partial charge in [-0.3, -0.25) is 0 Å². The minimum absolute atomic E-state index is 0.660. The second-order valence-corrected chi connectivity index (χ2v) is 4.51. The van der Waals surface area contributed by atoms with Crippen molar-refractivity contribution in [3.8, 4) is 0 Å². The predicted molar refractivity (Wildman–Crippen MR) is 40.7 cm³/mol. The van der Waals surface area contributed by atoms with Gasteiger partial charge in [0.05, 0.1) is 0 Å². The van der Waals surface area contributed by atoms with Crippen molar-refractivity contribution in [2.75, 3.05) is 0 Å². The van der Waals surface area contributed by atoms with E-state index in [1.807, 2.05) is 0 Å². The lowest BCUT2D eigenvalue weighted by Crippen LogP contribution is -1.99. The van der Waals surface area contributed by atoms with E-state index < -0.39 is 9.76 Å². The van der Waals surface area contributed by atoms with Gasteiger partial charge in [0.2, 0.25) is 9.76 Å². The molecule has 0 N–H and O–H groups in total. The van der Waals surface area contributed by atoms with E-state index in [-0.39, 0.29) is 0 Å². The van der Waals surface area contributed by atoms with Crippen LogP contribution in [0.15, 0.2) is 0 Å². The van der Waals surface area contributed by atoms with Crippen molar-refractivity contribution in [1.82, 2.24) is 0 Å². The Kier molecular flexibility index (Phi) is 3.29. The van der Waals surface area contributed by atoms with Crippen molar-refractivity contribution < 1.29 is 4.80 Å². The van der Waals surface area contributed by atoms with Gasteiger partial charge in [0.1, 0.15) is 0 Å². The average molecular weight is 143 g/mol. The molecule has 1 aliphatic rings. The highest BCUT2D eigenvalue weighted by molar-refractivity contribution is 6.27. The van der Waals surface area contributed by atoms with Crippen LogP contribution >= 0.6 is 0 Å².